The lowest BCUT2D eigenvalue weighted by Crippen LogP contribution is -2.23. The Labute approximate surface area is 115 Å². The number of hydrogen-bond acceptors (Lipinski definition) is 5. The van der Waals surface area contributed by atoms with Gasteiger partial charge in [0.15, 0.2) is 5.84 Å². The molecule has 0 aromatic heterocycles. The van der Waals surface area contributed by atoms with E-state index >= 15 is 0 Å². The van der Waals surface area contributed by atoms with Crippen LogP contribution >= 0.6 is 0 Å². The molecule has 1 aromatic carbocycles. The Balaban J connectivity index is 2.72. The zero-order valence-electron chi connectivity index (χ0n) is 10.9. The molecule has 0 radical (unpaired) electrons. The van der Waals surface area contributed by atoms with Gasteiger partial charge in [0.1, 0.15) is 12.4 Å². The van der Waals surface area contributed by atoms with Gasteiger partial charge in [0, 0.05) is 7.11 Å². The van der Waals surface area contributed by atoms with E-state index in [1.807, 2.05) is 0 Å². The van der Waals surface area contributed by atoms with Crippen molar-refractivity contribution in [2.24, 2.45) is 10.9 Å². The number of amidine groups is 1. The highest BCUT2D eigenvalue weighted by molar-refractivity contribution is 6.05. The largest absolute Gasteiger partial charge is 0.409 e. The van der Waals surface area contributed by atoms with Crippen molar-refractivity contribution in [2.75, 3.05) is 32.2 Å². The summed E-state index contributed by atoms with van der Waals surface area (Å²) in [6, 6.07) is 3.96. The minimum atomic E-state index is -0.710. The zero-order valence-corrected chi connectivity index (χ0v) is 10.9. The third-order valence-electron chi connectivity index (χ3n) is 2.32. The number of anilines is 1. The first-order chi connectivity index (χ1) is 9.60. The Kier molecular flexibility index (Phi) is 6.41. The molecule has 8 heteroatoms. The van der Waals surface area contributed by atoms with E-state index in [1.54, 1.807) is 0 Å². The average molecular weight is 285 g/mol. The highest BCUT2D eigenvalue weighted by atomic mass is 19.1. The average Bonchev–Trinajstić information content (AvgIpc) is 2.43. The third kappa shape index (κ3) is 4.48. The molecule has 4 N–H and O–H groups in total. The number of halogens is 1. The lowest BCUT2D eigenvalue weighted by Gasteiger charge is -2.11. The lowest BCUT2D eigenvalue weighted by atomic mass is 10.1. The molecule has 0 atom stereocenters. The van der Waals surface area contributed by atoms with E-state index in [-0.39, 0.29) is 24.5 Å². The number of nitrogens with zero attached hydrogens (tertiary/aromatic N) is 1. The van der Waals surface area contributed by atoms with E-state index in [9.17, 15) is 9.18 Å². The van der Waals surface area contributed by atoms with E-state index in [1.165, 1.54) is 19.2 Å². The summed E-state index contributed by atoms with van der Waals surface area (Å²) >= 11 is 0. The number of rotatable bonds is 7. The topological polar surface area (TPSA) is 106 Å². The minimum absolute atomic E-state index is 0.0978. The maximum atomic E-state index is 13.6. The maximum absolute atomic E-state index is 13.6. The van der Waals surface area contributed by atoms with Crippen LogP contribution in [0.4, 0.5) is 10.1 Å². The van der Waals surface area contributed by atoms with Crippen molar-refractivity contribution in [1.29, 1.82) is 0 Å². The van der Waals surface area contributed by atoms with Crippen LogP contribution in [0.15, 0.2) is 23.4 Å². The maximum Gasteiger partial charge on any atom is 0.250 e. The number of oxime groups is 1. The number of hydrogen-bond donors (Lipinski definition) is 3. The molecule has 20 heavy (non-hydrogen) atoms. The Hall–Kier alpha value is -2.19. The summed E-state index contributed by atoms with van der Waals surface area (Å²) < 4.78 is 23.4. The first kappa shape index (κ1) is 15.9. The van der Waals surface area contributed by atoms with Crippen LogP contribution in [0.1, 0.15) is 5.56 Å². The fourth-order valence-corrected chi connectivity index (χ4v) is 1.43. The molecule has 0 saturated carbocycles. The van der Waals surface area contributed by atoms with Crippen molar-refractivity contribution in [2.45, 2.75) is 0 Å². The van der Waals surface area contributed by atoms with E-state index < -0.39 is 17.6 Å². The van der Waals surface area contributed by atoms with Gasteiger partial charge in [-0.1, -0.05) is 11.2 Å². The second-order valence-electron chi connectivity index (χ2n) is 3.74. The van der Waals surface area contributed by atoms with Crippen molar-refractivity contribution in [3.63, 3.8) is 0 Å². The SMILES string of the molecule is COCCOCC(=O)Nc1cccc(F)c1/C(N)=N/O. The van der Waals surface area contributed by atoms with Gasteiger partial charge in [-0.3, -0.25) is 4.79 Å². The van der Waals surface area contributed by atoms with Crippen molar-refractivity contribution in [1.82, 2.24) is 0 Å². The molecule has 7 nitrogen and oxygen atoms in total. The van der Waals surface area contributed by atoms with Crippen LogP contribution in [-0.2, 0) is 14.3 Å². The summed E-state index contributed by atoms with van der Waals surface area (Å²) in [7, 11) is 1.51. The number of nitrogens with two attached hydrogens (primary N) is 1. The molecule has 0 unspecified atom stereocenters. The van der Waals surface area contributed by atoms with Crippen molar-refractivity contribution in [3.8, 4) is 0 Å². The normalized spacial score (nSPS) is 11.4. The van der Waals surface area contributed by atoms with E-state index in [0.29, 0.717) is 6.61 Å². The Morgan fingerprint density at radius 3 is 2.90 bits per heavy atom. The second kappa shape index (κ2) is 8.08. The highest BCUT2D eigenvalue weighted by Crippen LogP contribution is 2.18. The number of benzene rings is 1. The Bertz CT molecular complexity index is 494. The smallest absolute Gasteiger partial charge is 0.250 e. The summed E-state index contributed by atoms with van der Waals surface area (Å²) in [4.78, 5) is 11.6. The number of methoxy groups -OCH3 is 1. The molecular weight excluding hydrogens is 269 g/mol. The Morgan fingerprint density at radius 2 is 2.25 bits per heavy atom. The standard InChI is InChI=1S/C12H16FN3O4/c1-19-5-6-20-7-10(17)15-9-4-2-3-8(13)11(9)12(14)16-18/h2-4,18H,5-7H2,1H3,(H2,14,16)(H,15,17). The molecule has 0 fully saturated rings. The van der Waals surface area contributed by atoms with Gasteiger partial charge < -0.3 is 25.7 Å². The fraction of sp³-hybridized carbons (Fsp3) is 0.333. The molecule has 0 spiro atoms. The number of nitrogens with one attached hydrogen (secondary N) is 1. The number of amides is 1. The van der Waals surface area contributed by atoms with Crippen molar-refractivity contribution >= 4 is 17.4 Å². The van der Waals surface area contributed by atoms with E-state index in [2.05, 4.69) is 10.5 Å². The predicted octanol–water partition coefficient (Wildman–Crippen LogP) is 0.522. The predicted molar refractivity (Wildman–Crippen MR) is 70.2 cm³/mol. The third-order valence-corrected chi connectivity index (χ3v) is 2.32. The van der Waals surface area contributed by atoms with Gasteiger partial charge in [-0.25, -0.2) is 4.39 Å². The van der Waals surface area contributed by atoms with Gasteiger partial charge >= 0.3 is 0 Å². The molecule has 0 aliphatic rings. The van der Waals surface area contributed by atoms with Crippen LogP contribution in [0.3, 0.4) is 0 Å². The van der Waals surface area contributed by atoms with E-state index in [0.717, 1.165) is 6.07 Å². The molecule has 1 aromatic rings. The summed E-state index contributed by atoms with van der Waals surface area (Å²) in [5, 5.41) is 13.8. The summed E-state index contributed by atoms with van der Waals surface area (Å²) in [6.45, 7) is 0.415. The molecule has 0 bridgehead atoms. The quantitative estimate of drug-likeness (QED) is 0.223. The molecule has 1 rings (SSSR count). The lowest BCUT2D eigenvalue weighted by molar-refractivity contribution is -0.121. The first-order valence-corrected chi connectivity index (χ1v) is 5.73. The molecule has 110 valence electrons. The molecule has 1 amide bonds. The van der Waals surface area contributed by atoms with Gasteiger partial charge in [-0.05, 0) is 12.1 Å². The molecule has 0 saturated heterocycles. The number of carbonyl (C=O) groups is 1. The van der Waals surface area contributed by atoms with Crippen LogP contribution in [0.5, 0.6) is 0 Å². The second-order valence-corrected chi connectivity index (χ2v) is 3.74. The van der Waals surface area contributed by atoms with Gasteiger partial charge in [-0.15, -0.1) is 0 Å². The Morgan fingerprint density at radius 1 is 1.50 bits per heavy atom. The summed E-state index contributed by atoms with van der Waals surface area (Å²) in [6.07, 6.45) is 0. The fourth-order valence-electron chi connectivity index (χ4n) is 1.43. The van der Waals surface area contributed by atoms with Crippen LogP contribution in [0.2, 0.25) is 0 Å². The highest BCUT2D eigenvalue weighted by Gasteiger charge is 2.14. The van der Waals surface area contributed by atoms with Crippen LogP contribution in [-0.4, -0.2) is 43.9 Å². The zero-order chi connectivity index (χ0) is 15.0. The van der Waals surface area contributed by atoms with Crippen molar-refractivity contribution < 1.29 is 23.9 Å². The van der Waals surface area contributed by atoms with Crippen LogP contribution in [0, 0.1) is 5.82 Å². The molecule has 0 aliphatic carbocycles. The van der Waals surface area contributed by atoms with Crippen LogP contribution in [0.25, 0.3) is 0 Å². The van der Waals surface area contributed by atoms with Gasteiger partial charge in [0.2, 0.25) is 5.91 Å². The van der Waals surface area contributed by atoms with Gasteiger partial charge in [-0.2, -0.15) is 0 Å². The van der Waals surface area contributed by atoms with E-state index in [4.69, 9.17) is 20.4 Å². The summed E-state index contributed by atoms with van der Waals surface area (Å²) in [5.74, 6) is -1.63. The van der Waals surface area contributed by atoms with Crippen molar-refractivity contribution in [3.05, 3.63) is 29.6 Å². The van der Waals surface area contributed by atoms with Gasteiger partial charge in [0.05, 0.1) is 24.5 Å². The molecular formula is C12H16FN3O4. The monoisotopic (exact) mass is 285 g/mol. The number of ether oxygens (including phenoxy) is 2. The number of carbonyl (C=O) groups excluding carboxylic acids is 1. The summed E-state index contributed by atoms with van der Waals surface area (Å²) in [5.41, 5.74) is 5.29. The first-order valence-electron chi connectivity index (χ1n) is 5.73. The molecule has 0 heterocycles. The van der Waals surface area contributed by atoms with Gasteiger partial charge in [0.25, 0.3) is 0 Å². The minimum Gasteiger partial charge on any atom is -0.409 e. The molecule has 0 aliphatic heterocycles. The van der Waals surface area contributed by atoms with Crippen LogP contribution < -0.4 is 11.1 Å².